The lowest BCUT2D eigenvalue weighted by Gasteiger charge is -2.26. The molecule has 3 N–H and O–H groups in total. The van der Waals surface area contributed by atoms with Crippen LogP contribution in [0.5, 0.6) is 0 Å². The number of nitrogens with zero attached hydrogens (tertiary/aromatic N) is 2. The maximum Gasteiger partial charge on any atom is 0.270 e. The number of aryl methyl sites for hydroxylation is 1. The van der Waals surface area contributed by atoms with E-state index in [9.17, 15) is 9.59 Å². The van der Waals surface area contributed by atoms with Crippen LogP contribution in [0.4, 0.5) is 0 Å². The minimum absolute atomic E-state index is 0. The van der Waals surface area contributed by atoms with Crippen molar-refractivity contribution < 1.29 is 4.79 Å². The normalized spacial score (nSPS) is 11.1. The van der Waals surface area contributed by atoms with Gasteiger partial charge in [0.2, 0.25) is 0 Å². The second-order valence-electron chi connectivity index (χ2n) is 5.66. The van der Waals surface area contributed by atoms with Gasteiger partial charge in [0.15, 0.2) is 0 Å². The molecule has 1 amide bonds. The average Bonchev–Trinajstić information content (AvgIpc) is 2.52. The highest BCUT2D eigenvalue weighted by Crippen LogP contribution is 2.09. The van der Waals surface area contributed by atoms with Crippen LogP contribution in [-0.2, 0) is 0 Å². The van der Waals surface area contributed by atoms with Gasteiger partial charge in [-0.2, -0.15) is 0 Å². The van der Waals surface area contributed by atoms with Gasteiger partial charge in [-0.3, -0.25) is 14.0 Å². The van der Waals surface area contributed by atoms with Crippen molar-refractivity contribution >= 4 is 24.0 Å². The summed E-state index contributed by atoms with van der Waals surface area (Å²) >= 11 is 0. The van der Waals surface area contributed by atoms with E-state index >= 15 is 0 Å². The summed E-state index contributed by atoms with van der Waals surface area (Å²) in [6.45, 7) is 6.20. The molecular weight excluding hydrogens is 316 g/mol. The van der Waals surface area contributed by atoms with Crippen LogP contribution >= 0.6 is 12.4 Å². The molecule has 0 radical (unpaired) electrons. The van der Waals surface area contributed by atoms with Gasteiger partial charge in [-0.1, -0.05) is 13.8 Å². The Labute approximate surface area is 141 Å². The van der Waals surface area contributed by atoms with E-state index in [1.54, 1.807) is 18.3 Å². The van der Waals surface area contributed by atoms with Gasteiger partial charge in [0.25, 0.3) is 11.5 Å². The average molecular weight is 339 g/mol. The first-order chi connectivity index (χ1) is 10.4. The molecular formula is C16H23ClN4O2. The van der Waals surface area contributed by atoms with Crippen molar-refractivity contribution in [2.45, 2.75) is 39.2 Å². The molecule has 0 spiro atoms. The fourth-order valence-electron chi connectivity index (χ4n) is 2.18. The molecule has 0 unspecified atom stereocenters. The van der Waals surface area contributed by atoms with Crippen molar-refractivity contribution in [3.8, 4) is 0 Å². The highest BCUT2D eigenvalue weighted by atomic mass is 35.5. The summed E-state index contributed by atoms with van der Waals surface area (Å²) in [5, 5.41) is 2.74. The number of hydrogen-bond acceptors (Lipinski definition) is 4. The fourth-order valence-corrected chi connectivity index (χ4v) is 2.18. The molecule has 0 fully saturated rings. The molecule has 0 saturated carbocycles. The minimum Gasteiger partial charge on any atom is -0.350 e. The Kier molecular flexibility index (Phi) is 6.29. The number of carbonyl (C=O) groups is 1. The Hall–Kier alpha value is -1.92. The van der Waals surface area contributed by atoms with Crippen LogP contribution in [0.2, 0.25) is 0 Å². The number of amides is 1. The Morgan fingerprint density at radius 3 is 2.65 bits per heavy atom. The van der Waals surface area contributed by atoms with Crippen molar-refractivity contribution in [3.63, 3.8) is 0 Å². The van der Waals surface area contributed by atoms with E-state index in [0.717, 1.165) is 18.4 Å². The number of rotatable bonds is 5. The third-order valence-corrected chi connectivity index (χ3v) is 4.12. The van der Waals surface area contributed by atoms with E-state index in [4.69, 9.17) is 5.73 Å². The van der Waals surface area contributed by atoms with Crippen molar-refractivity contribution in [2.75, 3.05) is 6.54 Å². The number of fused-ring (bicyclic) bond motifs is 1. The number of hydrogen-bond donors (Lipinski definition) is 2. The van der Waals surface area contributed by atoms with Gasteiger partial charge >= 0.3 is 0 Å². The number of halogens is 1. The van der Waals surface area contributed by atoms with Gasteiger partial charge in [-0.05, 0) is 37.5 Å². The van der Waals surface area contributed by atoms with Crippen molar-refractivity contribution in [3.05, 3.63) is 46.0 Å². The lowest BCUT2D eigenvalue weighted by atomic mass is 9.94. The lowest BCUT2D eigenvalue weighted by Crippen LogP contribution is -2.49. The monoisotopic (exact) mass is 338 g/mol. The minimum atomic E-state index is -0.451. The zero-order valence-corrected chi connectivity index (χ0v) is 14.4. The molecule has 2 rings (SSSR count). The number of nitrogens with two attached hydrogens (primary N) is 1. The number of nitrogens with one attached hydrogen (secondary N) is 1. The van der Waals surface area contributed by atoms with Crippen LogP contribution in [0.25, 0.3) is 5.65 Å². The van der Waals surface area contributed by atoms with Gasteiger partial charge < -0.3 is 11.1 Å². The highest BCUT2D eigenvalue weighted by Gasteiger charge is 2.22. The van der Waals surface area contributed by atoms with Gasteiger partial charge in [0.1, 0.15) is 11.2 Å². The smallest absolute Gasteiger partial charge is 0.270 e. The van der Waals surface area contributed by atoms with Crippen LogP contribution in [0, 0.1) is 6.92 Å². The predicted octanol–water partition coefficient (Wildman–Crippen LogP) is 1.67. The zero-order valence-electron chi connectivity index (χ0n) is 13.6. The Balaban J connectivity index is 0.00000264. The standard InChI is InChI=1S/C16H22N4O2.ClH/c1-4-16(17,5-2)10-19-14(21)12-9-18-13-8-11(3)6-7-20(13)15(12)22;/h6-9H,4-5,10,17H2,1-3H3,(H,19,21);1H. The molecule has 2 aromatic rings. The molecule has 0 atom stereocenters. The summed E-state index contributed by atoms with van der Waals surface area (Å²) in [6, 6.07) is 3.60. The second kappa shape index (κ2) is 7.57. The third-order valence-electron chi connectivity index (χ3n) is 4.12. The molecule has 0 aliphatic carbocycles. The quantitative estimate of drug-likeness (QED) is 0.867. The Morgan fingerprint density at radius 1 is 1.39 bits per heavy atom. The van der Waals surface area contributed by atoms with E-state index in [1.807, 2.05) is 20.8 Å². The first-order valence-corrected chi connectivity index (χ1v) is 7.45. The van der Waals surface area contributed by atoms with Crippen molar-refractivity contribution in [2.24, 2.45) is 5.73 Å². The molecule has 0 saturated heterocycles. The van der Waals surface area contributed by atoms with Gasteiger partial charge in [0.05, 0.1) is 0 Å². The van der Waals surface area contributed by atoms with Crippen LogP contribution in [-0.4, -0.2) is 27.4 Å². The molecule has 2 aromatic heterocycles. The van der Waals surface area contributed by atoms with E-state index in [-0.39, 0.29) is 23.5 Å². The largest absolute Gasteiger partial charge is 0.350 e. The molecule has 6 nitrogen and oxygen atoms in total. The molecule has 126 valence electrons. The van der Waals surface area contributed by atoms with E-state index in [0.29, 0.717) is 12.2 Å². The second-order valence-corrected chi connectivity index (χ2v) is 5.66. The molecule has 0 aliphatic heterocycles. The summed E-state index contributed by atoms with van der Waals surface area (Å²) in [6.07, 6.45) is 4.45. The highest BCUT2D eigenvalue weighted by molar-refractivity contribution is 5.93. The molecule has 0 aromatic carbocycles. The molecule has 0 aliphatic rings. The number of aromatic nitrogens is 2. The van der Waals surface area contributed by atoms with Crippen LogP contribution in [0.3, 0.4) is 0 Å². The first-order valence-electron chi connectivity index (χ1n) is 7.45. The third kappa shape index (κ3) is 4.09. The van der Waals surface area contributed by atoms with Crippen LogP contribution in [0.15, 0.2) is 29.3 Å². The number of pyridine rings is 1. The van der Waals surface area contributed by atoms with E-state index in [2.05, 4.69) is 10.3 Å². The molecule has 23 heavy (non-hydrogen) atoms. The lowest BCUT2D eigenvalue weighted by molar-refractivity contribution is 0.0940. The summed E-state index contributed by atoms with van der Waals surface area (Å²) < 4.78 is 1.37. The van der Waals surface area contributed by atoms with E-state index in [1.165, 1.54) is 10.6 Å². The summed E-state index contributed by atoms with van der Waals surface area (Å²) in [5.41, 5.74) is 6.88. The van der Waals surface area contributed by atoms with Crippen LogP contribution < -0.4 is 16.6 Å². The summed E-state index contributed by atoms with van der Waals surface area (Å²) in [7, 11) is 0. The first kappa shape index (κ1) is 19.1. The molecule has 2 heterocycles. The topological polar surface area (TPSA) is 89.5 Å². The van der Waals surface area contributed by atoms with Gasteiger partial charge in [-0.15, -0.1) is 12.4 Å². The SMILES string of the molecule is CCC(N)(CC)CNC(=O)c1cnc2cc(C)ccn2c1=O.Cl. The summed E-state index contributed by atoms with van der Waals surface area (Å²) in [5.74, 6) is -0.441. The Bertz CT molecular complexity index is 753. The van der Waals surface area contributed by atoms with E-state index < -0.39 is 11.4 Å². The zero-order chi connectivity index (χ0) is 16.3. The predicted molar refractivity (Wildman–Crippen MR) is 93.3 cm³/mol. The molecule has 7 heteroatoms. The van der Waals surface area contributed by atoms with Crippen molar-refractivity contribution in [1.82, 2.24) is 14.7 Å². The molecule has 0 bridgehead atoms. The van der Waals surface area contributed by atoms with Gasteiger partial charge in [-0.25, -0.2) is 4.98 Å². The van der Waals surface area contributed by atoms with Gasteiger partial charge in [0, 0.05) is 24.5 Å². The maximum atomic E-state index is 12.4. The Morgan fingerprint density at radius 2 is 2.04 bits per heavy atom. The van der Waals surface area contributed by atoms with Crippen molar-refractivity contribution in [1.29, 1.82) is 0 Å². The maximum absolute atomic E-state index is 12.4. The summed E-state index contributed by atoms with van der Waals surface area (Å²) in [4.78, 5) is 28.8. The number of carbonyl (C=O) groups excluding carboxylic acids is 1. The fraction of sp³-hybridized carbons (Fsp3) is 0.438. The van der Waals surface area contributed by atoms with Crippen LogP contribution in [0.1, 0.15) is 42.6 Å².